The number of benzene rings is 1. The minimum absolute atomic E-state index is 0. The first kappa shape index (κ1) is 15.7. The van der Waals surface area contributed by atoms with Crippen molar-refractivity contribution in [3.63, 3.8) is 0 Å². The lowest BCUT2D eigenvalue weighted by molar-refractivity contribution is -0.114. The third kappa shape index (κ3) is 5.01. The maximum atomic E-state index is 13.0. The Kier molecular flexibility index (Phi) is 6.53. The topological polar surface area (TPSA) is 64.3 Å². The van der Waals surface area contributed by atoms with Crippen LogP contribution in [0.2, 0.25) is 0 Å². The number of halogens is 2. The predicted molar refractivity (Wildman–Crippen MR) is 67.1 cm³/mol. The van der Waals surface area contributed by atoms with Crippen LogP contribution < -0.4 is 15.8 Å². The summed E-state index contributed by atoms with van der Waals surface area (Å²) in [6.07, 6.45) is -0.0565. The van der Waals surface area contributed by atoms with Crippen molar-refractivity contribution in [3.05, 3.63) is 24.0 Å². The number of rotatable bonds is 4. The molecule has 6 heteroatoms. The zero-order valence-electron chi connectivity index (χ0n) is 9.70. The van der Waals surface area contributed by atoms with Gasteiger partial charge in [0.2, 0.25) is 5.91 Å². The molecule has 0 heterocycles. The van der Waals surface area contributed by atoms with Gasteiger partial charge in [0.1, 0.15) is 11.6 Å². The molecule has 1 rings (SSSR count). The molecule has 0 saturated heterocycles. The Hall–Kier alpha value is -1.33. The van der Waals surface area contributed by atoms with E-state index in [1.807, 2.05) is 13.8 Å². The van der Waals surface area contributed by atoms with Crippen molar-refractivity contribution in [2.24, 2.45) is 5.73 Å². The second-order valence-electron chi connectivity index (χ2n) is 3.56. The Morgan fingerprint density at radius 2 is 2.18 bits per heavy atom. The molecule has 0 saturated carbocycles. The number of nitrogens with two attached hydrogens (primary N) is 1. The van der Waals surface area contributed by atoms with Crippen LogP contribution in [0, 0.1) is 5.82 Å². The molecule has 17 heavy (non-hydrogen) atoms. The molecule has 0 bridgehead atoms. The Bertz CT molecular complexity index is 386. The Balaban J connectivity index is 0.00000256. The fourth-order valence-electron chi connectivity index (χ4n) is 1.16. The first-order valence-electron chi connectivity index (χ1n) is 4.99. The molecule has 1 aromatic rings. The molecule has 0 aliphatic rings. The Labute approximate surface area is 106 Å². The van der Waals surface area contributed by atoms with Gasteiger partial charge in [-0.1, -0.05) is 0 Å². The molecule has 0 aliphatic carbocycles. The highest BCUT2D eigenvalue weighted by molar-refractivity contribution is 5.93. The van der Waals surface area contributed by atoms with Gasteiger partial charge in [0.15, 0.2) is 0 Å². The highest BCUT2D eigenvalue weighted by Gasteiger charge is 2.09. The summed E-state index contributed by atoms with van der Waals surface area (Å²) in [5, 5.41) is 2.48. The van der Waals surface area contributed by atoms with Gasteiger partial charge in [-0.2, -0.15) is 0 Å². The molecule has 0 spiro atoms. The van der Waals surface area contributed by atoms with E-state index < -0.39 is 5.82 Å². The smallest absolute Gasteiger partial charge is 0.238 e. The van der Waals surface area contributed by atoms with Crippen LogP contribution in [-0.4, -0.2) is 18.6 Å². The number of carbonyl (C=O) groups excluding carboxylic acids is 1. The van der Waals surface area contributed by atoms with E-state index in [1.54, 1.807) is 0 Å². The molecule has 0 aromatic heterocycles. The van der Waals surface area contributed by atoms with Gasteiger partial charge in [-0.3, -0.25) is 4.79 Å². The maximum absolute atomic E-state index is 13.0. The molecule has 0 atom stereocenters. The summed E-state index contributed by atoms with van der Waals surface area (Å²) in [5.74, 6) is -0.402. The number of hydrogen-bond acceptors (Lipinski definition) is 3. The van der Waals surface area contributed by atoms with Gasteiger partial charge in [0.05, 0.1) is 18.3 Å². The van der Waals surface area contributed by atoms with Crippen LogP contribution in [0.1, 0.15) is 13.8 Å². The molecule has 0 aliphatic heterocycles. The van der Waals surface area contributed by atoms with Crippen molar-refractivity contribution < 1.29 is 13.9 Å². The Morgan fingerprint density at radius 1 is 1.53 bits per heavy atom. The average Bonchev–Trinajstić information content (AvgIpc) is 2.21. The Morgan fingerprint density at radius 3 is 2.71 bits per heavy atom. The lowest BCUT2D eigenvalue weighted by Crippen LogP contribution is -2.22. The van der Waals surface area contributed by atoms with Crippen LogP contribution in [0.15, 0.2) is 18.2 Å². The molecule has 96 valence electrons. The van der Waals surface area contributed by atoms with Crippen LogP contribution in [-0.2, 0) is 4.79 Å². The molecule has 0 unspecified atom stereocenters. The number of amides is 1. The second-order valence-corrected chi connectivity index (χ2v) is 3.56. The van der Waals surface area contributed by atoms with Crippen LogP contribution in [0.5, 0.6) is 5.75 Å². The average molecular weight is 263 g/mol. The quantitative estimate of drug-likeness (QED) is 0.872. The summed E-state index contributed by atoms with van der Waals surface area (Å²) < 4.78 is 18.4. The SMILES string of the molecule is CC(C)Oc1ccc(F)cc1NC(=O)CN.Cl. The number of hydrogen-bond donors (Lipinski definition) is 2. The van der Waals surface area contributed by atoms with Crippen molar-refractivity contribution in [2.45, 2.75) is 20.0 Å². The van der Waals surface area contributed by atoms with E-state index in [0.29, 0.717) is 11.4 Å². The summed E-state index contributed by atoms with van der Waals surface area (Å²) in [5.41, 5.74) is 5.46. The highest BCUT2D eigenvalue weighted by Crippen LogP contribution is 2.26. The van der Waals surface area contributed by atoms with Gasteiger partial charge in [-0.15, -0.1) is 12.4 Å². The third-order valence-corrected chi connectivity index (χ3v) is 1.76. The van der Waals surface area contributed by atoms with Gasteiger partial charge in [-0.25, -0.2) is 4.39 Å². The fourth-order valence-corrected chi connectivity index (χ4v) is 1.16. The van der Waals surface area contributed by atoms with Crippen molar-refractivity contribution >= 4 is 24.0 Å². The minimum atomic E-state index is -0.441. The first-order chi connectivity index (χ1) is 7.52. The summed E-state index contributed by atoms with van der Waals surface area (Å²) >= 11 is 0. The summed E-state index contributed by atoms with van der Waals surface area (Å²) in [4.78, 5) is 11.1. The molecular formula is C11H16ClFN2O2. The molecule has 4 nitrogen and oxygen atoms in total. The molecular weight excluding hydrogens is 247 g/mol. The summed E-state index contributed by atoms with van der Waals surface area (Å²) in [7, 11) is 0. The van der Waals surface area contributed by atoms with E-state index in [4.69, 9.17) is 10.5 Å². The first-order valence-corrected chi connectivity index (χ1v) is 4.99. The second kappa shape index (κ2) is 7.09. The highest BCUT2D eigenvalue weighted by atomic mass is 35.5. The summed E-state index contributed by atoms with van der Waals surface area (Å²) in [6, 6.07) is 3.95. The van der Waals surface area contributed by atoms with Crippen LogP contribution in [0.25, 0.3) is 0 Å². The largest absolute Gasteiger partial charge is 0.489 e. The van der Waals surface area contributed by atoms with E-state index in [0.717, 1.165) is 0 Å². The van der Waals surface area contributed by atoms with E-state index in [-0.39, 0.29) is 31.0 Å². The molecule has 0 radical (unpaired) electrons. The number of carbonyl (C=O) groups is 1. The van der Waals surface area contributed by atoms with Gasteiger partial charge in [0.25, 0.3) is 0 Å². The maximum Gasteiger partial charge on any atom is 0.238 e. The minimum Gasteiger partial charge on any atom is -0.489 e. The van der Waals surface area contributed by atoms with Crippen LogP contribution in [0.3, 0.4) is 0 Å². The normalized spacial score (nSPS) is 9.71. The molecule has 1 amide bonds. The predicted octanol–water partition coefficient (Wildman–Crippen LogP) is 1.93. The van der Waals surface area contributed by atoms with E-state index in [1.165, 1.54) is 18.2 Å². The molecule has 1 aromatic carbocycles. The van der Waals surface area contributed by atoms with Gasteiger partial charge >= 0.3 is 0 Å². The summed E-state index contributed by atoms with van der Waals surface area (Å²) in [6.45, 7) is 3.54. The monoisotopic (exact) mass is 262 g/mol. The van der Waals surface area contributed by atoms with Crippen LogP contribution >= 0.6 is 12.4 Å². The number of nitrogens with one attached hydrogen (secondary N) is 1. The zero-order valence-corrected chi connectivity index (χ0v) is 10.5. The zero-order chi connectivity index (χ0) is 12.1. The lowest BCUT2D eigenvalue weighted by atomic mass is 10.2. The molecule has 3 N–H and O–H groups in total. The van der Waals surface area contributed by atoms with E-state index >= 15 is 0 Å². The van der Waals surface area contributed by atoms with E-state index in [2.05, 4.69) is 5.32 Å². The lowest BCUT2D eigenvalue weighted by Gasteiger charge is -2.14. The van der Waals surface area contributed by atoms with Crippen molar-refractivity contribution in [1.29, 1.82) is 0 Å². The van der Waals surface area contributed by atoms with Crippen molar-refractivity contribution in [1.82, 2.24) is 0 Å². The van der Waals surface area contributed by atoms with Gasteiger partial charge < -0.3 is 15.8 Å². The third-order valence-electron chi connectivity index (χ3n) is 1.76. The van der Waals surface area contributed by atoms with Crippen molar-refractivity contribution in [3.8, 4) is 5.75 Å². The standard InChI is InChI=1S/C11H15FN2O2.ClH/c1-7(2)16-10-4-3-8(12)5-9(10)14-11(15)6-13;/h3-5,7H,6,13H2,1-2H3,(H,14,15);1H. The van der Waals surface area contributed by atoms with Crippen LogP contribution in [0.4, 0.5) is 10.1 Å². The number of anilines is 1. The molecule has 0 fully saturated rings. The fraction of sp³-hybridized carbons (Fsp3) is 0.364. The van der Waals surface area contributed by atoms with E-state index in [9.17, 15) is 9.18 Å². The van der Waals surface area contributed by atoms with Gasteiger partial charge in [0, 0.05) is 6.07 Å². The van der Waals surface area contributed by atoms with Gasteiger partial charge in [-0.05, 0) is 26.0 Å². The van der Waals surface area contributed by atoms with Crippen molar-refractivity contribution in [2.75, 3.05) is 11.9 Å². The number of ether oxygens (including phenoxy) is 1.